The highest BCUT2D eigenvalue weighted by Gasteiger charge is 2.27. The molecule has 0 aromatic heterocycles. The Kier molecular flexibility index (Phi) is 7.30. The number of carbonyl (C=O) groups is 3. The smallest absolute Gasteiger partial charge is 0.431 e. The Morgan fingerprint density at radius 3 is 2.37 bits per heavy atom. The van der Waals surface area contributed by atoms with Gasteiger partial charge in [0.1, 0.15) is 5.75 Å². The second-order valence-corrected chi connectivity index (χ2v) is 8.52. The van der Waals surface area contributed by atoms with Crippen molar-refractivity contribution in [2.75, 3.05) is 5.32 Å². The monoisotopic (exact) mass is 473 g/mol. The maximum absolute atomic E-state index is 12.7. The van der Waals surface area contributed by atoms with Gasteiger partial charge in [-0.05, 0) is 73.7 Å². The number of hydroxylamine groups is 1. The Bertz CT molecular complexity index is 1210. The van der Waals surface area contributed by atoms with E-state index in [1.807, 2.05) is 48.5 Å². The number of fused-ring (bicyclic) bond motifs is 1. The largest absolute Gasteiger partial charge is 0.480 e. The first-order chi connectivity index (χ1) is 16.9. The lowest BCUT2D eigenvalue weighted by Gasteiger charge is -2.25. The summed E-state index contributed by atoms with van der Waals surface area (Å²) in [6, 6.07) is 22.6. The van der Waals surface area contributed by atoms with E-state index in [4.69, 9.17) is 9.57 Å². The molecule has 3 amide bonds. The van der Waals surface area contributed by atoms with Crippen LogP contribution in [0.3, 0.4) is 0 Å². The first-order valence-corrected chi connectivity index (χ1v) is 11.4. The van der Waals surface area contributed by atoms with Gasteiger partial charge in [-0.1, -0.05) is 42.5 Å². The minimum atomic E-state index is -0.780. The van der Waals surface area contributed by atoms with E-state index >= 15 is 0 Å². The number of aryl methyl sites for hydroxylation is 1. The molecule has 8 nitrogen and oxygen atoms in total. The molecule has 0 saturated carbocycles. The lowest BCUT2D eigenvalue weighted by molar-refractivity contribution is -0.137. The normalized spacial score (nSPS) is 14.3. The van der Waals surface area contributed by atoms with Crippen molar-refractivity contribution in [1.82, 2.24) is 10.8 Å². The summed E-state index contributed by atoms with van der Waals surface area (Å²) in [6.07, 6.45) is -0.537. The third-order valence-electron chi connectivity index (χ3n) is 5.46. The van der Waals surface area contributed by atoms with Crippen molar-refractivity contribution in [3.63, 3.8) is 0 Å². The topological polar surface area (TPSA) is 106 Å². The van der Waals surface area contributed by atoms with Crippen LogP contribution in [0, 0.1) is 0 Å². The molecule has 1 atom stereocenters. The zero-order valence-electron chi connectivity index (χ0n) is 19.5. The standard InChI is InChI=1S/C27H27N3O5/c1-17(2)28-27(33)35-30-26(32)24-14-12-21-16-22(13-15-23(21)34-24)29-25(31)20-10-8-19(9-11-20)18-6-4-3-5-7-18/h3-11,13,15-17,24H,12,14H2,1-2H3,(H,28,33)(H,29,31)(H,30,32). The SMILES string of the molecule is CC(C)NC(=O)ONC(=O)C1CCc2cc(NC(=O)c3ccc(-c4ccccc4)cc3)ccc2O1. The molecule has 0 radical (unpaired) electrons. The molecule has 0 spiro atoms. The zero-order valence-corrected chi connectivity index (χ0v) is 19.5. The van der Waals surface area contributed by atoms with Gasteiger partial charge < -0.3 is 20.2 Å². The molecule has 3 aromatic rings. The quantitative estimate of drug-likeness (QED) is 0.475. The van der Waals surface area contributed by atoms with Gasteiger partial charge in [0.2, 0.25) is 0 Å². The van der Waals surface area contributed by atoms with Gasteiger partial charge in [-0.15, -0.1) is 0 Å². The highest BCUT2D eigenvalue weighted by atomic mass is 16.7. The van der Waals surface area contributed by atoms with E-state index in [9.17, 15) is 14.4 Å². The van der Waals surface area contributed by atoms with E-state index in [1.54, 1.807) is 38.1 Å². The van der Waals surface area contributed by atoms with E-state index < -0.39 is 18.1 Å². The minimum absolute atomic E-state index is 0.111. The van der Waals surface area contributed by atoms with Crippen LogP contribution >= 0.6 is 0 Å². The molecule has 3 aromatic carbocycles. The summed E-state index contributed by atoms with van der Waals surface area (Å²) >= 11 is 0. The summed E-state index contributed by atoms with van der Waals surface area (Å²) in [5, 5.41) is 5.42. The van der Waals surface area contributed by atoms with E-state index in [0.29, 0.717) is 29.8 Å². The van der Waals surface area contributed by atoms with Gasteiger partial charge in [0.25, 0.3) is 11.8 Å². The van der Waals surface area contributed by atoms with Crippen LogP contribution in [0.1, 0.15) is 36.2 Å². The highest BCUT2D eigenvalue weighted by Crippen LogP contribution is 2.30. The van der Waals surface area contributed by atoms with Gasteiger partial charge in [-0.2, -0.15) is 5.48 Å². The zero-order chi connectivity index (χ0) is 24.8. The Labute approximate surface area is 203 Å². The van der Waals surface area contributed by atoms with Crippen LogP contribution in [0.2, 0.25) is 0 Å². The first-order valence-electron chi connectivity index (χ1n) is 11.4. The summed E-state index contributed by atoms with van der Waals surface area (Å²) in [7, 11) is 0. The second-order valence-electron chi connectivity index (χ2n) is 8.52. The van der Waals surface area contributed by atoms with Crippen LogP contribution in [0.5, 0.6) is 5.75 Å². The lowest BCUT2D eigenvalue weighted by atomic mass is 10.0. The predicted octanol–water partition coefficient (Wildman–Crippen LogP) is 4.47. The molecule has 3 N–H and O–H groups in total. The van der Waals surface area contributed by atoms with Crippen LogP contribution in [-0.4, -0.2) is 30.1 Å². The molecule has 1 heterocycles. The molecule has 4 rings (SSSR count). The fourth-order valence-electron chi connectivity index (χ4n) is 3.73. The number of ether oxygens (including phenoxy) is 1. The van der Waals surface area contributed by atoms with Gasteiger partial charge in [0, 0.05) is 17.3 Å². The Morgan fingerprint density at radius 1 is 0.943 bits per heavy atom. The minimum Gasteiger partial charge on any atom is -0.480 e. The molecule has 1 unspecified atom stereocenters. The van der Waals surface area contributed by atoms with Crippen molar-refractivity contribution in [3.05, 3.63) is 83.9 Å². The molecule has 180 valence electrons. The number of benzene rings is 3. The number of carbonyl (C=O) groups excluding carboxylic acids is 3. The van der Waals surface area contributed by atoms with Crippen molar-refractivity contribution in [2.24, 2.45) is 0 Å². The van der Waals surface area contributed by atoms with Crippen LogP contribution in [0.15, 0.2) is 72.8 Å². The van der Waals surface area contributed by atoms with Crippen molar-refractivity contribution in [3.8, 4) is 16.9 Å². The molecular weight excluding hydrogens is 446 g/mol. The number of amides is 3. The Balaban J connectivity index is 1.33. The summed E-state index contributed by atoms with van der Waals surface area (Å²) in [6.45, 7) is 3.56. The number of hydrogen-bond donors (Lipinski definition) is 3. The van der Waals surface area contributed by atoms with Crippen molar-refractivity contribution in [1.29, 1.82) is 0 Å². The van der Waals surface area contributed by atoms with Crippen LogP contribution in [0.4, 0.5) is 10.5 Å². The number of rotatable bonds is 5. The summed E-state index contributed by atoms with van der Waals surface area (Å²) in [5.74, 6) is -0.200. The average molecular weight is 474 g/mol. The molecule has 1 aliphatic heterocycles. The van der Waals surface area contributed by atoms with Gasteiger partial charge in [-0.25, -0.2) is 4.79 Å². The molecule has 35 heavy (non-hydrogen) atoms. The molecule has 0 saturated heterocycles. The second kappa shape index (κ2) is 10.7. The summed E-state index contributed by atoms with van der Waals surface area (Å²) in [4.78, 5) is 41.2. The Morgan fingerprint density at radius 2 is 1.66 bits per heavy atom. The number of anilines is 1. The molecule has 1 aliphatic rings. The Hall–Kier alpha value is -4.33. The van der Waals surface area contributed by atoms with Crippen molar-refractivity contribution >= 4 is 23.6 Å². The average Bonchev–Trinajstić information content (AvgIpc) is 2.87. The van der Waals surface area contributed by atoms with Crippen LogP contribution < -0.4 is 20.9 Å². The summed E-state index contributed by atoms with van der Waals surface area (Å²) < 4.78 is 5.77. The molecule has 0 fully saturated rings. The van der Waals surface area contributed by atoms with E-state index in [-0.39, 0.29) is 11.9 Å². The van der Waals surface area contributed by atoms with Gasteiger partial charge in [-0.3, -0.25) is 9.59 Å². The molecule has 0 bridgehead atoms. The first kappa shape index (κ1) is 23.8. The fraction of sp³-hybridized carbons (Fsp3) is 0.222. The maximum atomic E-state index is 12.7. The van der Waals surface area contributed by atoms with Crippen LogP contribution in [0.25, 0.3) is 11.1 Å². The predicted molar refractivity (Wildman–Crippen MR) is 132 cm³/mol. The molecular formula is C27H27N3O5. The maximum Gasteiger partial charge on any atom is 0.431 e. The molecule has 8 heteroatoms. The van der Waals surface area contributed by atoms with Gasteiger partial charge in [0.05, 0.1) is 0 Å². The van der Waals surface area contributed by atoms with E-state index in [1.165, 1.54) is 0 Å². The highest BCUT2D eigenvalue weighted by molar-refractivity contribution is 6.04. The third-order valence-corrected chi connectivity index (χ3v) is 5.46. The van der Waals surface area contributed by atoms with E-state index in [0.717, 1.165) is 16.7 Å². The van der Waals surface area contributed by atoms with E-state index in [2.05, 4.69) is 16.1 Å². The van der Waals surface area contributed by atoms with Crippen LogP contribution in [-0.2, 0) is 16.1 Å². The van der Waals surface area contributed by atoms with Gasteiger partial charge in [0.15, 0.2) is 6.10 Å². The van der Waals surface area contributed by atoms with Gasteiger partial charge >= 0.3 is 6.09 Å². The fourth-order valence-corrected chi connectivity index (χ4v) is 3.73. The number of hydrogen-bond acceptors (Lipinski definition) is 5. The molecule has 0 aliphatic carbocycles. The summed E-state index contributed by atoms with van der Waals surface area (Å²) in [5.41, 5.74) is 6.33. The third kappa shape index (κ3) is 6.17. The van der Waals surface area contributed by atoms with Crippen molar-refractivity contribution < 1.29 is 24.0 Å². The number of nitrogens with one attached hydrogen (secondary N) is 3. The lowest BCUT2D eigenvalue weighted by Crippen LogP contribution is -2.43. The van der Waals surface area contributed by atoms with Crippen molar-refractivity contribution in [2.45, 2.75) is 38.8 Å².